The molecule has 110 valence electrons. The van der Waals surface area contributed by atoms with Crippen LogP contribution in [0.3, 0.4) is 0 Å². The Morgan fingerprint density at radius 3 is 2.62 bits per heavy atom. The summed E-state index contributed by atoms with van der Waals surface area (Å²) in [5.74, 6) is -0.333. The molecule has 0 atom stereocenters. The maximum absolute atomic E-state index is 11.7. The minimum absolute atomic E-state index is 0.00653. The van der Waals surface area contributed by atoms with E-state index in [4.69, 9.17) is 0 Å². The minimum atomic E-state index is -0.333. The highest BCUT2D eigenvalue weighted by Gasteiger charge is 2.10. The Morgan fingerprint density at radius 1 is 1.33 bits per heavy atom. The van der Waals surface area contributed by atoms with Crippen LogP contribution in [-0.2, 0) is 11.2 Å². The molecule has 0 aliphatic rings. The number of nitrogens with one attached hydrogen (secondary N) is 3. The van der Waals surface area contributed by atoms with E-state index in [2.05, 4.69) is 20.7 Å². The Balaban J connectivity index is 1.91. The van der Waals surface area contributed by atoms with E-state index in [1.54, 1.807) is 24.9 Å². The van der Waals surface area contributed by atoms with Crippen LogP contribution in [0.2, 0.25) is 0 Å². The van der Waals surface area contributed by atoms with Crippen LogP contribution in [0.1, 0.15) is 16.8 Å². The molecular formula is C14H16N4O2S. The van der Waals surface area contributed by atoms with Gasteiger partial charge in [0.25, 0.3) is 5.56 Å². The van der Waals surface area contributed by atoms with Gasteiger partial charge >= 0.3 is 0 Å². The molecule has 0 saturated heterocycles. The lowest BCUT2D eigenvalue weighted by Crippen LogP contribution is -2.23. The van der Waals surface area contributed by atoms with Crippen molar-refractivity contribution >= 4 is 23.9 Å². The first-order valence-electron chi connectivity index (χ1n) is 6.32. The van der Waals surface area contributed by atoms with Crippen molar-refractivity contribution in [3.05, 3.63) is 51.4 Å². The zero-order valence-corrected chi connectivity index (χ0v) is 12.6. The van der Waals surface area contributed by atoms with Gasteiger partial charge in [-0.1, -0.05) is 12.1 Å². The molecule has 0 aliphatic heterocycles. The Bertz CT molecular complexity index is 701. The van der Waals surface area contributed by atoms with Crippen molar-refractivity contribution in [3.8, 4) is 0 Å². The van der Waals surface area contributed by atoms with Gasteiger partial charge in [0.1, 0.15) is 0 Å². The van der Waals surface area contributed by atoms with E-state index in [0.29, 0.717) is 11.3 Å². The average molecular weight is 304 g/mol. The number of aromatic amines is 2. The van der Waals surface area contributed by atoms with Gasteiger partial charge in [-0.2, -0.15) is 5.10 Å². The molecule has 21 heavy (non-hydrogen) atoms. The molecule has 1 heterocycles. The molecule has 2 rings (SSSR count). The van der Waals surface area contributed by atoms with E-state index < -0.39 is 0 Å². The first kappa shape index (κ1) is 15.1. The van der Waals surface area contributed by atoms with Crippen LogP contribution in [-0.4, -0.2) is 28.6 Å². The zero-order valence-electron chi connectivity index (χ0n) is 11.8. The molecule has 1 aromatic carbocycles. The van der Waals surface area contributed by atoms with Crippen LogP contribution in [0, 0.1) is 6.92 Å². The number of hydrazone groups is 1. The fourth-order valence-electron chi connectivity index (χ4n) is 1.75. The first-order valence-corrected chi connectivity index (χ1v) is 7.54. The average Bonchev–Trinajstić information content (AvgIpc) is 2.80. The molecule has 3 N–H and O–H groups in total. The molecule has 1 amide bonds. The summed E-state index contributed by atoms with van der Waals surface area (Å²) >= 11 is 1.66. The Morgan fingerprint density at radius 2 is 2.05 bits per heavy atom. The van der Waals surface area contributed by atoms with Crippen LogP contribution >= 0.6 is 11.8 Å². The number of H-pyrrole nitrogens is 2. The van der Waals surface area contributed by atoms with Crippen molar-refractivity contribution in [2.24, 2.45) is 5.10 Å². The van der Waals surface area contributed by atoms with Crippen LogP contribution in [0.15, 0.2) is 39.1 Å². The van der Waals surface area contributed by atoms with Gasteiger partial charge < -0.3 is 5.10 Å². The van der Waals surface area contributed by atoms with Gasteiger partial charge in [-0.3, -0.25) is 14.7 Å². The van der Waals surface area contributed by atoms with E-state index in [0.717, 1.165) is 5.56 Å². The predicted octanol–water partition coefficient (Wildman–Crippen LogP) is 1.43. The second-order valence-electron chi connectivity index (χ2n) is 4.43. The van der Waals surface area contributed by atoms with Crippen molar-refractivity contribution in [2.75, 3.05) is 6.26 Å². The monoisotopic (exact) mass is 304 g/mol. The van der Waals surface area contributed by atoms with E-state index in [1.165, 1.54) is 4.90 Å². The molecular weight excluding hydrogens is 288 g/mol. The van der Waals surface area contributed by atoms with E-state index >= 15 is 0 Å². The number of carbonyl (C=O) groups is 1. The fraction of sp³-hybridized carbons (Fsp3) is 0.214. The number of aryl methyl sites for hydroxylation is 1. The standard InChI is InChI=1S/C14H16N4O2S/c1-9-12(14(20)18-16-9)7-13(19)17-15-8-10-3-5-11(21-2)6-4-10/h3-6,8H,7H2,1-2H3,(H,17,19)(H2,16,18,20). The molecule has 0 unspecified atom stereocenters. The van der Waals surface area contributed by atoms with Crippen LogP contribution in [0.25, 0.3) is 0 Å². The molecule has 6 nitrogen and oxygen atoms in total. The number of aromatic nitrogens is 2. The third kappa shape index (κ3) is 4.09. The Kier molecular flexibility index (Phi) is 4.99. The van der Waals surface area contributed by atoms with Gasteiger partial charge in [-0.25, -0.2) is 5.43 Å². The summed E-state index contributed by atoms with van der Waals surface area (Å²) < 4.78 is 0. The number of hydrogen-bond acceptors (Lipinski definition) is 4. The number of rotatable bonds is 5. The van der Waals surface area contributed by atoms with Crippen molar-refractivity contribution in [3.63, 3.8) is 0 Å². The second kappa shape index (κ2) is 6.94. The van der Waals surface area contributed by atoms with Gasteiger partial charge in [-0.05, 0) is 30.9 Å². The van der Waals surface area contributed by atoms with Gasteiger partial charge in [-0.15, -0.1) is 11.8 Å². The smallest absolute Gasteiger partial charge is 0.267 e. The Labute approximate surface area is 126 Å². The lowest BCUT2D eigenvalue weighted by molar-refractivity contribution is -0.120. The maximum Gasteiger partial charge on any atom is 0.267 e. The van der Waals surface area contributed by atoms with Gasteiger partial charge in [0.15, 0.2) is 0 Å². The second-order valence-corrected chi connectivity index (χ2v) is 5.31. The third-order valence-electron chi connectivity index (χ3n) is 2.95. The van der Waals surface area contributed by atoms with Crippen molar-refractivity contribution in [1.29, 1.82) is 0 Å². The highest BCUT2D eigenvalue weighted by atomic mass is 32.2. The summed E-state index contributed by atoms with van der Waals surface area (Å²) in [5.41, 5.74) is 4.11. The topological polar surface area (TPSA) is 90.1 Å². The van der Waals surface area contributed by atoms with Crippen molar-refractivity contribution in [1.82, 2.24) is 15.6 Å². The molecule has 2 aromatic rings. The summed E-state index contributed by atoms with van der Waals surface area (Å²) in [7, 11) is 0. The lowest BCUT2D eigenvalue weighted by Gasteiger charge is -1.99. The van der Waals surface area contributed by atoms with Crippen LogP contribution in [0.4, 0.5) is 0 Å². The zero-order chi connectivity index (χ0) is 15.2. The van der Waals surface area contributed by atoms with E-state index in [-0.39, 0.29) is 17.9 Å². The number of carbonyl (C=O) groups excluding carboxylic acids is 1. The molecule has 0 bridgehead atoms. The first-order chi connectivity index (χ1) is 10.1. The molecule has 0 fully saturated rings. The van der Waals surface area contributed by atoms with Gasteiger partial charge in [0.2, 0.25) is 5.91 Å². The third-order valence-corrected chi connectivity index (χ3v) is 3.69. The molecule has 0 radical (unpaired) electrons. The SMILES string of the molecule is CSc1ccc(C=NNC(=O)Cc2c(C)[nH][nH]c2=O)cc1. The predicted molar refractivity (Wildman–Crippen MR) is 83.8 cm³/mol. The minimum Gasteiger partial charge on any atom is -0.302 e. The Hall–Kier alpha value is -2.28. The number of hydrogen-bond donors (Lipinski definition) is 3. The number of nitrogens with zero attached hydrogens (tertiary/aromatic N) is 1. The number of thioether (sulfide) groups is 1. The molecule has 7 heteroatoms. The highest BCUT2D eigenvalue weighted by molar-refractivity contribution is 7.98. The van der Waals surface area contributed by atoms with E-state index in [1.807, 2.05) is 30.5 Å². The van der Waals surface area contributed by atoms with Crippen LogP contribution in [0.5, 0.6) is 0 Å². The van der Waals surface area contributed by atoms with Crippen LogP contribution < -0.4 is 11.0 Å². The summed E-state index contributed by atoms with van der Waals surface area (Å²) in [6.07, 6.45) is 3.57. The van der Waals surface area contributed by atoms with Gasteiger partial charge in [0.05, 0.1) is 12.6 Å². The summed E-state index contributed by atoms with van der Waals surface area (Å²) in [6, 6.07) is 7.80. The lowest BCUT2D eigenvalue weighted by atomic mass is 10.2. The quantitative estimate of drug-likeness (QED) is 0.443. The molecule has 1 aromatic heterocycles. The fourth-order valence-corrected chi connectivity index (χ4v) is 2.16. The van der Waals surface area contributed by atoms with Gasteiger partial charge in [0, 0.05) is 16.2 Å². The summed E-state index contributed by atoms with van der Waals surface area (Å²) in [4.78, 5) is 24.3. The molecule has 0 aliphatic carbocycles. The molecule has 0 saturated carbocycles. The molecule has 0 spiro atoms. The van der Waals surface area contributed by atoms with Crippen molar-refractivity contribution < 1.29 is 4.79 Å². The highest BCUT2D eigenvalue weighted by Crippen LogP contribution is 2.13. The number of benzene rings is 1. The normalized spacial score (nSPS) is 11.0. The maximum atomic E-state index is 11.7. The van der Waals surface area contributed by atoms with E-state index in [9.17, 15) is 9.59 Å². The summed E-state index contributed by atoms with van der Waals surface area (Å²) in [6.45, 7) is 1.73. The largest absolute Gasteiger partial charge is 0.302 e. The summed E-state index contributed by atoms with van der Waals surface area (Å²) in [5, 5.41) is 8.99. The van der Waals surface area contributed by atoms with Crippen molar-refractivity contribution in [2.45, 2.75) is 18.2 Å². The number of amides is 1.